The fourth-order valence-electron chi connectivity index (χ4n) is 2.14. The molecule has 114 valence electrons. The number of nitrogens with zero attached hydrogens (tertiary/aromatic N) is 1. The molecule has 0 radical (unpaired) electrons. The van der Waals surface area contributed by atoms with Crippen LogP contribution >= 0.6 is 15.9 Å². The molecule has 0 heterocycles. The summed E-state index contributed by atoms with van der Waals surface area (Å²) in [6.45, 7) is 9.13. The Hall–Kier alpha value is -0.780. The second-order valence-electron chi connectivity index (χ2n) is 4.72. The Morgan fingerprint density at radius 1 is 1.35 bits per heavy atom. The van der Waals surface area contributed by atoms with E-state index in [4.69, 9.17) is 9.47 Å². The van der Waals surface area contributed by atoms with Crippen molar-refractivity contribution in [1.82, 2.24) is 4.90 Å². The van der Waals surface area contributed by atoms with Crippen LogP contribution in [-0.4, -0.2) is 42.9 Å². The first-order valence-electron chi connectivity index (χ1n) is 6.90. The number of hydrogen-bond acceptors (Lipinski definition) is 4. The molecule has 1 rings (SSSR count). The summed E-state index contributed by atoms with van der Waals surface area (Å²) in [6.07, 6.45) is 0. The van der Waals surface area contributed by atoms with Crippen LogP contribution in [0.15, 0.2) is 16.6 Å². The maximum Gasteiger partial charge on any atom is 0.172 e. The number of hydrogen-bond donors (Lipinski definition) is 1. The van der Waals surface area contributed by atoms with Gasteiger partial charge in [-0.25, -0.2) is 0 Å². The number of likely N-dealkylation sites (N-methyl/N-ethyl adjacent to an activating group) is 1. The molecule has 0 aromatic heterocycles. The molecule has 4 nitrogen and oxygen atoms in total. The van der Waals surface area contributed by atoms with Crippen molar-refractivity contribution >= 4 is 15.9 Å². The number of phenols is 1. The molecule has 0 aliphatic rings. The Labute approximate surface area is 129 Å². The van der Waals surface area contributed by atoms with Crippen molar-refractivity contribution in [2.75, 3.05) is 26.9 Å². The highest BCUT2D eigenvalue weighted by atomic mass is 79.9. The summed E-state index contributed by atoms with van der Waals surface area (Å²) in [4.78, 5) is 2.32. The molecule has 20 heavy (non-hydrogen) atoms. The number of halogens is 1. The molecule has 5 heteroatoms. The van der Waals surface area contributed by atoms with Crippen LogP contribution in [0.4, 0.5) is 0 Å². The lowest BCUT2D eigenvalue weighted by molar-refractivity contribution is 0.0981. The molecule has 0 saturated heterocycles. The monoisotopic (exact) mass is 345 g/mol. The van der Waals surface area contributed by atoms with Crippen molar-refractivity contribution in [3.63, 3.8) is 0 Å². The largest absolute Gasteiger partial charge is 0.503 e. The van der Waals surface area contributed by atoms with Crippen LogP contribution in [0.5, 0.6) is 11.5 Å². The first kappa shape index (κ1) is 17.3. The van der Waals surface area contributed by atoms with Crippen molar-refractivity contribution in [2.45, 2.75) is 33.4 Å². The van der Waals surface area contributed by atoms with E-state index < -0.39 is 0 Å². The zero-order valence-corrected chi connectivity index (χ0v) is 14.2. The fourth-order valence-corrected chi connectivity index (χ4v) is 2.63. The maximum atomic E-state index is 9.93. The summed E-state index contributed by atoms with van der Waals surface area (Å²) < 4.78 is 11.3. The van der Waals surface area contributed by atoms with Gasteiger partial charge in [-0.1, -0.05) is 6.92 Å². The van der Waals surface area contributed by atoms with E-state index in [0.29, 0.717) is 29.5 Å². The van der Waals surface area contributed by atoms with Crippen LogP contribution in [0.25, 0.3) is 0 Å². The predicted molar refractivity (Wildman–Crippen MR) is 84.4 cm³/mol. The van der Waals surface area contributed by atoms with E-state index in [1.54, 1.807) is 7.11 Å². The highest BCUT2D eigenvalue weighted by Crippen LogP contribution is 2.35. The van der Waals surface area contributed by atoms with Gasteiger partial charge in [0, 0.05) is 19.7 Å². The van der Waals surface area contributed by atoms with Crippen molar-refractivity contribution in [2.24, 2.45) is 0 Å². The van der Waals surface area contributed by atoms with Crippen molar-refractivity contribution < 1.29 is 14.6 Å². The maximum absolute atomic E-state index is 9.93. The summed E-state index contributed by atoms with van der Waals surface area (Å²) in [5.41, 5.74) is 1.10. The van der Waals surface area contributed by atoms with E-state index in [0.717, 1.165) is 18.7 Å². The van der Waals surface area contributed by atoms with Gasteiger partial charge in [0.05, 0.1) is 17.7 Å². The second kappa shape index (κ2) is 8.49. The third-order valence-corrected chi connectivity index (χ3v) is 3.82. The zero-order valence-electron chi connectivity index (χ0n) is 12.6. The van der Waals surface area contributed by atoms with Crippen LogP contribution in [0.1, 0.15) is 26.3 Å². The molecule has 0 spiro atoms. The van der Waals surface area contributed by atoms with Gasteiger partial charge >= 0.3 is 0 Å². The lowest BCUT2D eigenvalue weighted by Gasteiger charge is -2.27. The molecule has 1 N–H and O–H groups in total. The van der Waals surface area contributed by atoms with E-state index in [1.807, 2.05) is 19.1 Å². The highest BCUT2D eigenvalue weighted by Gasteiger charge is 2.15. The molecule has 1 atom stereocenters. The number of methoxy groups -OCH3 is 1. The number of phenolic OH excluding ortho intramolecular Hbond substituents is 1. The lowest BCUT2D eigenvalue weighted by Crippen LogP contribution is -2.35. The first-order chi connectivity index (χ1) is 9.53. The average Bonchev–Trinajstić information content (AvgIpc) is 2.42. The summed E-state index contributed by atoms with van der Waals surface area (Å²) in [5, 5.41) is 9.93. The third-order valence-electron chi connectivity index (χ3n) is 3.21. The van der Waals surface area contributed by atoms with Gasteiger partial charge in [-0.05, 0) is 54.0 Å². The van der Waals surface area contributed by atoms with Gasteiger partial charge in [0.1, 0.15) is 0 Å². The van der Waals surface area contributed by atoms with Crippen LogP contribution in [-0.2, 0) is 11.3 Å². The topological polar surface area (TPSA) is 41.9 Å². The molecule has 0 bridgehead atoms. The van der Waals surface area contributed by atoms with Gasteiger partial charge in [0.25, 0.3) is 0 Å². The van der Waals surface area contributed by atoms with E-state index in [9.17, 15) is 5.11 Å². The van der Waals surface area contributed by atoms with Crippen LogP contribution < -0.4 is 4.74 Å². The van der Waals surface area contributed by atoms with Gasteiger partial charge < -0.3 is 14.6 Å². The Bertz CT molecular complexity index is 426. The molecule has 0 amide bonds. The van der Waals surface area contributed by atoms with E-state index in [2.05, 4.69) is 34.7 Å². The normalized spacial score (nSPS) is 12.7. The smallest absolute Gasteiger partial charge is 0.172 e. The van der Waals surface area contributed by atoms with Crippen LogP contribution in [0.2, 0.25) is 0 Å². The fraction of sp³-hybridized carbons (Fsp3) is 0.600. The lowest BCUT2D eigenvalue weighted by atomic mass is 10.1. The minimum Gasteiger partial charge on any atom is -0.503 e. The van der Waals surface area contributed by atoms with Gasteiger partial charge in [-0.15, -0.1) is 0 Å². The molecule has 0 aliphatic carbocycles. The third kappa shape index (κ3) is 4.65. The summed E-state index contributed by atoms with van der Waals surface area (Å²) in [6, 6.07) is 4.17. The number of aromatic hydroxyl groups is 1. The Morgan fingerprint density at radius 2 is 2.05 bits per heavy atom. The van der Waals surface area contributed by atoms with Crippen LogP contribution in [0.3, 0.4) is 0 Å². The standard InChI is InChI=1S/C15H24BrNO3/c1-5-17(11(3)10-19-4)9-12-7-13(16)15(18)14(8-12)20-6-2/h7-8,11,18H,5-6,9-10H2,1-4H3. The second-order valence-corrected chi connectivity index (χ2v) is 5.58. The number of benzene rings is 1. The van der Waals surface area contributed by atoms with Gasteiger partial charge in [-0.2, -0.15) is 0 Å². The Balaban J connectivity index is 2.90. The van der Waals surface area contributed by atoms with E-state index >= 15 is 0 Å². The molecule has 1 unspecified atom stereocenters. The SMILES string of the molecule is CCOc1cc(CN(CC)C(C)COC)cc(Br)c1O. The number of ether oxygens (including phenoxy) is 2. The minimum atomic E-state index is 0.156. The van der Waals surface area contributed by atoms with Crippen LogP contribution in [0, 0.1) is 0 Å². The van der Waals surface area contributed by atoms with Gasteiger partial charge in [-0.3, -0.25) is 4.90 Å². The highest BCUT2D eigenvalue weighted by molar-refractivity contribution is 9.10. The van der Waals surface area contributed by atoms with E-state index in [-0.39, 0.29) is 5.75 Å². The summed E-state index contributed by atoms with van der Waals surface area (Å²) in [5.74, 6) is 0.677. The Morgan fingerprint density at radius 3 is 2.60 bits per heavy atom. The minimum absolute atomic E-state index is 0.156. The molecular formula is C15H24BrNO3. The van der Waals surface area contributed by atoms with E-state index in [1.165, 1.54) is 0 Å². The number of rotatable bonds is 8. The Kier molecular flexibility index (Phi) is 7.34. The van der Waals surface area contributed by atoms with Crippen molar-refractivity contribution in [3.8, 4) is 11.5 Å². The van der Waals surface area contributed by atoms with Gasteiger partial charge in [0.15, 0.2) is 11.5 Å². The summed E-state index contributed by atoms with van der Waals surface area (Å²) in [7, 11) is 1.72. The predicted octanol–water partition coefficient (Wildman–Crippen LogP) is 3.41. The first-order valence-corrected chi connectivity index (χ1v) is 7.69. The van der Waals surface area contributed by atoms with Crippen molar-refractivity contribution in [3.05, 3.63) is 22.2 Å². The summed E-state index contributed by atoms with van der Waals surface area (Å²) >= 11 is 3.37. The molecular weight excluding hydrogens is 322 g/mol. The molecule has 1 aromatic rings. The van der Waals surface area contributed by atoms with Gasteiger partial charge in [0.2, 0.25) is 0 Å². The van der Waals surface area contributed by atoms with Crippen molar-refractivity contribution in [1.29, 1.82) is 0 Å². The molecule has 0 fully saturated rings. The molecule has 1 aromatic carbocycles. The zero-order chi connectivity index (χ0) is 15.1. The average molecular weight is 346 g/mol. The quantitative estimate of drug-likeness (QED) is 0.783. The molecule has 0 saturated carbocycles. The molecule has 0 aliphatic heterocycles.